The summed E-state index contributed by atoms with van der Waals surface area (Å²) in [6.07, 6.45) is 1.60. The van der Waals surface area contributed by atoms with E-state index in [1.165, 1.54) is 6.26 Å². The third kappa shape index (κ3) is 5.74. The van der Waals surface area contributed by atoms with Gasteiger partial charge < -0.3 is 5.32 Å². The Hall–Kier alpha value is -1.01. The van der Waals surface area contributed by atoms with Crippen molar-refractivity contribution in [1.82, 2.24) is 5.32 Å². The largest absolute Gasteiger partial charge is 0.352 e. The molecular formula is C11H15NO3S2. The van der Waals surface area contributed by atoms with Crippen molar-refractivity contribution >= 4 is 28.4 Å². The molecule has 0 aromatic heterocycles. The van der Waals surface area contributed by atoms with E-state index in [0.717, 1.165) is 0 Å². The number of sulfone groups is 1. The number of carbonyl (C=O) groups is 1. The summed E-state index contributed by atoms with van der Waals surface area (Å²) in [5.74, 6) is -0.130. The zero-order valence-electron chi connectivity index (χ0n) is 9.51. The lowest BCUT2D eigenvalue weighted by atomic mass is 10.2. The number of benzene rings is 1. The minimum absolute atomic E-state index is 0.0832. The van der Waals surface area contributed by atoms with Crippen LogP contribution in [-0.4, -0.2) is 32.9 Å². The molecule has 1 aromatic rings. The second-order valence-electron chi connectivity index (χ2n) is 3.79. The summed E-state index contributed by atoms with van der Waals surface area (Å²) in [5, 5.41) is 2.66. The summed E-state index contributed by atoms with van der Waals surface area (Å²) in [5.41, 5.74) is 0.525. The number of carbonyl (C=O) groups excluding carboxylic acids is 1. The average molecular weight is 273 g/mol. The third-order valence-corrected chi connectivity index (χ3v) is 3.39. The Morgan fingerprint density at radius 3 is 2.71 bits per heavy atom. The van der Waals surface area contributed by atoms with Crippen LogP contribution in [-0.2, 0) is 9.84 Å². The molecule has 0 saturated carbocycles. The van der Waals surface area contributed by atoms with Gasteiger partial charge in [-0.2, -0.15) is 0 Å². The molecule has 94 valence electrons. The second-order valence-corrected chi connectivity index (χ2v) is 6.57. The van der Waals surface area contributed by atoms with E-state index in [1.807, 2.05) is 0 Å². The van der Waals surface area contributed by atoms with Crippen LogP contribution in [0.5, 0.6) is 0 Å². The Morgan fingerprint density at radius 1 is 1.41 bits per heavy atom. The van der Waals surface area contributed by atoms with Crippen LogP contribution >= 0.6 is 12.6 Å². The summed E-state index contributed by atoms with van der Waals surface area (Å²) in [7, 11) is -2.96. The van der Waals surface area contributed by atoms with Gasteiger partial charge in [-0.15, -0.1) is 12.6 Å². The molecule has 0 aliphatic carbocycles. The predicted molar refractivity (Wildman–Crippen MR) is 70.4 cm³/mol. The van der Waals surface area contributed by atoms with Crippen LogP contribution < -0.4 is 5.32 Å². The number of hydrogen-bond acceptors (Lipinski definition) is 4. The van der Waals surface area contributed by atoms with Crippen molar-refractivity contribution in [2.24, 2.45) is 0 Å². The number of amides is 1. The van der Waals surface area contributed by atoms with Crippen LogP contribution in [0.2, 0.25) is 0 Å². The molecule has 1 amide bonds. The Kier molecular flexibility index (Phi) is 5.02. The van der Waals surface area contributed by atoms with Crippen LogP contribution in [0.3, 0.4) is 0 Å². The summed E-state index contributed by atoms with van der Waals surface area (Å²) >= 11 is 4.14. The first-order chi connectivity index (χ1) is 7.88. The Labute approximate surface area is 107 Å². The van der Waals surface area contributed by atoms with Gasteiger partial charge in [-0.25, -0.2) is 8.42 Å². The van der Waals surface area contributed by atoms with Gasteiger partial charge in [-0.05, 0) is 24.6 Å². The number of hydrogen-bond donors (Lipinski definition) is 2. The summed E-state index contributed by atoms with van der Waals surface area (Å²) in [6, 6.07) is 6.87. The van der Waals surface area contributed by atoms with E-state index in [9.17, 15) is 13.2 Å². The molecule has 0 bridgehead atoms. The van der Waals surface area contributed by atoms with Crippen LogP contribution in [0.15, 0.2) is 29.2 Å². The highest BCUT2D eigenvalue weighted by Crippen LogP contribution is 2.08. The fourth-order valence-corrected chi connectivity index (χ4v) is 2.18. The first-order valence-electron chi connectivity index (χ1n) is 5.13. The van der Waals surface area contributed by atoms with Crippen molar-refractivity contribution in [3.8, 4) is 0 Å². The first-order valence-corrected chi connectivity index (χ1v) is 7.64. The molecular weight excluding hydrogens is 258 g/mol. The molecule has 1 N–H and O–H groups in total. The maximum Gasteiger partial charge on any atom is 0.251 e. The lowest BCUT2D eigenvalue weighted by Crippen LogP contribution is -2.25. The summed E-state index contributed by atoms with van der Waals surface area (Å²) < 4.78 is 21.7. The molecule has 0 radical (unpaired) electrons. The molecule has 0 heterocycles. The van der Waals surface area contributed by atoms with Crippen molar-refractivity contribution in [3.63, 3.8) is 0 Å². The average Bonchev–Trinajstić information content (AvgIpc) is 2.23. The van der Waals surface area contributed by atoms with Gasteiger partial charge in [-0.1, -0.05) is 6.07 Å². The number of thiol groups is 1. The van der Waals surface area contributed by atoms with E-state index >= 15 is 0 Å². The molecule has 0 saturated heterocycles. The number of rotatable bonds is 5. The third-order valence-electron chi connectivity index (χ3n) is 2.09. The van der Waals surface area contributed by atoms with Gasteiger partial charge in [-0.3, -0.25) is 4.79 Å². The standard InChI is InChI=1S/C11H15NO3S2/c1-17(14,15)7-3-6-12-11(13)9-4-2-5-10(16)8-9/h2,4-5,8,16H,3,6-7H2,1H3,(H,12,13). The number of nitrogens with one attached hydrogen (secondary N) is 1. The van der Waals surface area contributed by atoms with Gasteiger partial charge in [0, 0.05) is 23.3 Å². The minimum atomic E-state index is -2.96. The quantitative estimate of drug-likeness (QED) is 0.624. The zero-order valence-corrected chi connectivity index (χ0v) is 11.2. The maximum absolute atomic E-state index is 11.6. The molecule has 4 nitrogen and oxygen atoms in total. The molecule has 0 aliphatic rings. The minimum Gasteiger partial charge on any atom is -0.352 e. The van der Waals surface area contributed by atoms with Crippen LogP contribution in [0.4, 0.5) is 0 Å². The Balaban J connectivity index is 2.41. The van der Waals surface area contributed by atoms with Crippen molar-refractivity contribution in [3.05, 3.63) is 29.8 Å². The summed E-state index contributed by atoms with van der Waals surface area (Å²) in [4.78, 5) is 12.3. The van der Waals surface area contributed by atoms with Gasteiger partial charge in [0.25, 0.3) is 5.91 Å². The molecule has 0 aliphatic heterocycles. The molecule has 1 aromatic carbocycles. The van der Waals surface area contributed by atoms with Crippen molar-refractivity contribution in [1.29, 1.82) is 0 Å². The Bertz CT molecular complexity index is 497. The van der Waals surface area contributed by atoms with Gasteiger partial charge in [0.15, 0.2) is 0 Å². The molecule has 0 fully saturated rings. The maximum atomic E-state index is 11.6. The highest BCUT2D eigenvalue weighted by atomic mass is 32.2. The SMILES string of the molecule is CS(=O)(=O)CCCNC(=O)c1cccc(S)c1. The van der Waals surface area contributed by atoms with Crippen molar-refractivity contribution in [2.45, 2.75) is 11.3 Å². The monoisotopic (exact) mass is 273 g/mol. The summed E-state index contributed by atoms with van der Waals surface area (Å²) in [6.45, 7) is 0.350. The van der Waals surface area contributed by atoms with Crippen LogP contribution in [0, 0.1) is 0 Å². The molecule has 0 unspecified atom stereocenters. The van der Waals surface area contributed by atoms with E-state index in [1.54, 1.807) is 24.3 Å². The normalized spacial score (nSPS) is 11.2. The van der Waals surface area contributed by atoms with Gasteiger partial charge in [0.2, 0.25) is 0 Å². The predicted octanol–water partition coefficient (Wildman–Crippen LogP) is 1.14. The van der Waals surface area contributed by atoms with E-state index in [-0.39, 0.29) is 11.7 Å². The molecule has 6 heteroatoms. The lowest BCUT2D eigenvalue weighted by Gasteiger charge is -2.05. The fourth-order valence-electron chi connectivity index (χ4n) is 1.29. The van der Waals surface area contributed by atoms with Crippen LogP contribution in [0.1, 0.15) is 16.8 Å². The molecule has 0 spiro atoms. The first kappa shape index (κ1) is 14.1. The Morgan fingerprint density at radius 2 is 2.12 bits per heavy atom. The van der Waals surface area contributed by atoms with E-state index in [2.05, 4.69) is 17.9 Å². The molecule has 17 heavy (non-hydrogen) atoms. The lowest BCUT2D eigenvalue weighted by molar-refractivity contribution is 0.0953. The topological polar surface area (TPSA) is 63.2 Å². The molecule has 1 rings (SSSR count). The zero-order chi connectivity index (χ0) is 12.9. The van der Waals surface area contributed by atoms with Gasteiger partial charge >= 0.3 is 0 Å². The van der Waals surface area contributed by atoms with E-state index in [4.69, 9.17) is 0 Å². The fraction of sp³-hybridized carbons (Fsp3) is 0.364. The van der Waals surface area contributed by atoms with Gasteiger partial charge in [0.05, 0.1) is 5.75 Å². The molecule has 0 atom stereocenters. The van der Waals surface area contributed by atoms with E-state index in [0.29, 0.717) is 23.4 Å². The van der Waals surface area contributed by atoms with Crippen LogP contribution in [0.25, 0.3) is 0 Å². The smallest absolute Gasteiger partial charge is 0.251 e. The highest BCUT2D eigenvalue weighted by molar-refractivity contribution is 7.90. The van der Waals surface area contributed by atoms with Crippen molar-refractivity contribution in [2.75, 3.05) is 18.6 Å². The second kappa shape index (κ2) is 6.07. The highest BCUT2D eigenvalue weighted by Gasteiger charge is 2.06. The van der Waals surface area contributed by atoms with E-state index < -0.39 is 9.84 Å². The van der Waals surface area contributed by atoms with Crippen molar-refractivity contribution < 1.29 is 13.2 Å². The van der Waals surface area contributed by atoms with Gasteiger partial charge in [0.1, 0.15) is 9.84 Å².